The van der Waals surface area contributed by atoms with E-state index in [1.54, 1.807) is 0 Å². The number of ether oxygens (including phenoxy) is 1. The highest BCUT2D eigenvalue weighted by molar-refractivity contribution is 7.98. The Kier molecular flexibility index (Phi) is 6.72. The van der Waals surface area contributed by atoms with Crippen molar-refractivity contribution in [3.05, 3.63) is 81.6 Å². The second kappa shape index (κ2) is 9.83. The first kappa shape index (κ1) is 21.2. The van der Waals surface area contributed by atoms with Crippen LogP contribution in [0.1, 0.15) is 48.8 Å². The molecule has 0 aliphatic carbocycles. The smallest absolute Gasteiger partial charge is 0.257 e. The van der Waals surface area contributed by atoms with Crippen molar-refractivity contribution in [3.8, 4) is 5.75 Å². The lowest BCUT2D eigenvalue weighted by atomic mass is 9.87. The van der Waals surface area contributed by atoms with E-state index in [4.69, 9.17) is 4.74 Å². The Hall–Kier alpha value is -3.06. The predicted octanol–water partition coefficient (Wildman–Crippen LogP) is 4.72. The molecule has 2 heterocycles. The first-order chi connectivity index (χ1) is 15.1. The van der Waals surface area contributed by atoms with E-state index in [2.05, 4.69) is 22.2 Å². The number of carbonyl (C=O) groups is 1. The number of rotatable bonds is 8. The van der Waals surface area contributed by atoms with Crippen molar-refractivity contribution in [2.75, 3.05) is 11.9 Å². The Morgan fingerprint density at radius 2 is 1.87 bits per heavy atom. The molecule has 0 radical (unpaired) electrons. The standard InChI is InChI=1S/C24H25N3O3S/c1-2-3-13-30-18-11-9-17(10-12-18)19-14-20(28)25-22-21(19)23(29)27-24(26-22)31-15-16-7-5-4-6-8-16/h4-12,19H,2-3,13-15H2,1H3,(H2,25,26,27,28,29)/t19-/m0/s1. The molecule has 0 saturated heterocycles. The number of fused-ring (bicyclic) bond motifs is 1. The van der Waals surface area contributed by atoms with Crippen molar-refractivity contribution in [1.82, 2.24) is 9.97 Å². The van der Waals surface area contributed by atoms with E-state index in [-0.39, 0.29) is 23.8 Å². The zero-order chi connectivity index (χ0) is 21.6. The molecule has 1 aromatic heterocycles. The maximum atomic E-state index is 12.9. The minimum absolute atomic E-state index is 0.141. The molecule has 1 aliphatic rings. The van der Waals surface area contributed by atoms with Gasteiger partial charge in [0.05, 0.1) is 12.2 Å². The van der Waals surface area contributed by atoms with Crippen LogP contribution in [0.3, 0.4) is 0 Å². The first-order valence-electron chi connectivity index (χ1n) is 10.5. The number of H-pyrrole nitrogens is 1. The summed E-state index contributed by atoms with van der Waals surface area (Å²) in [6, 6.07) is 17.6. The maximum absolute atomic E-state index is 12.9. The van der Waals surface area contributed by atoms with Crippen LogP contribution in [0.25, 0.3) is 0 Å². The molecule has 0 bridgehead atoms. The number of nitrogens with zero attached hydrogens (tertiary/aromatic N) is 1. The number of aromatic amines is 1. The van der Waals surface area contributed by atoms with E-state index in [9.17, 15) is 9.59 Å². The minimum atomic E-state index is -0.335. The average Bonchev–Trinajstić information content (AvgIpc) is 2.78. The molecule has 0 saturated carbocycles. The Bertz CT molecular complexity index is 1100. The first-order valence-corrected chi connectivity index (χ1v) is 11.5. The molecule has 1 atom stereocenters. The molecule has 2 N–H and O–H groups in total. The van der Waals surface area contributed by atoms with Gasteiger partial charge in [-0.05, 0) is 29.7 Å². The molecule has 6 nitrogen and oxygen atoms in total. The van der Waals surface area contributed by atoms with E-state index < -0.39 is 0 Å². The summed E-state index contributed by atoms with van der Waals surface area (Å²) >= 11 is 1.44. The topological polar surface area (TPSA) is 84.1 Å². The molecule has 4 rings (SSSR count). The number of aromatic nitrogens is 2. The summed E-state index contributed by atoms with van der Waals surface area (Å²) in [6.45, 7) is 2.80. The van der Waals surface area contributed by atoms with Crippen LogP contribution in [0.15, 0.2) is 64.5 Å². The van der Waals surface area contributed by atoms with Crippen LogP contribution in [0.5, 0.6) is 5.75 Å². The van der Waals surface area contributed by atoms with Gasteiger partial charge in [-0.1, -0.05) is 67.6 Å². The number of hydrogen-bond donors (Lipinski definition) is 2. The van der Waals surface area contributed by atoms with Gasteiger partial charge < -0.3 is 15.0 Å². The quantitative estimate of drug-likeness (QED) is 0.304. The van der Waals surface area contributed by atoms with E-state index in [0.29, 0.717) is 28.9 Å². The summed E-state index contributed by atoms with van der Waals surface area (Å²) in [5.41, 5.74) is 2.32. The van der Waals surface area contributed by atoms with Crippen molar-refractivity contribution in [2.24, 2.45) is 0 Å². The van der Waals surface area contributed by atoms with Gasteiger partial charge in [0.1, 0.15) is 11.6 Å². The fourth-order valence-corrected chi connectivity index (χ4v) is 4.38. The van der Waals surface area contributed by atoms with Crippen molar-refractivity contribution < 1.29 is 9.53 Å². The highest BCUT2D eigenvalue weighted by atomic mass is 32.2. The van der Waals surface area contributed by atoms with E-state index in [0.717, 1.165) is 29.7 Å². The molecule has 0 spiro atoms. The van der Waals surface area contributed by atoms with Gasteiger partial charge in [0.2, 0.25) is 5.91 Å². The lowest BCUT2D eigenvalue weighted by Gasteiger charge is -2.24. The SMILES string of the molecule is CCCCOc1ccc([C@@H]2CC(=O)Nc3nc(SCc4ccccc4)[nH]c(=O)c32)cc1. The molecular weight excluding hydrogens is 410 g/mol. The van der Waals surface area contributed by atoms with Gasteiger partial charge >= 0.3 is 0 Å². The highest BCUT2D eigenvalue weighted by Gasteiger charge is 2.31. The number of unbranched alkanes of at least 4 members (excludes halogenated alkanes) is 1. The molecule has 160 valence electrons. The molecule has 0 fully saturated rings. The molecule has 31 heavy (non-hydrogen) atoms. The van der Waals surface area contributed by atoms with E-state index in [1.165, 1.54) is 11.8 Å². The van der Waals surface area contributed by atoms with Gasteiger partial charge in [-0.3, -0.25) is 9.59 Å². The van der Waals surface area contributed by atoms with Crippen LogP contribution in [0.2, 0.25) is 0 Å². The van der Waals surface area contributed by atoms with Gasteiger partial charge in [0.15, 0.2) is 5.16 Å². The Balaban J connectivity index is 1.56. The number of thioether (sulfide) groups is 1. The minimum Gasteiger partial charge on any atom is -0.494 e. The van der Waals surface area contributed by atoms with Gasteiger partial charge in [-0.2, -0.15) is 0 Å². The summed E-state index contributed by atoms with van der Waals surface area (Å²) < 4.78 is 5.72. The summed E-state index contributed by atoms with van der Waals surface area (Å²) in [6.07, 6.45) is 2.29. The van der Waals surface area contributed by atoms with Gasteiger partial charge in [-0.25, -0.2) is 4.98 Å². The number of hydrogen-bond acceptors (Lipinski definition) is 5. The van der Waals surface area contributed by atoms with Crippen LogP contribution >= 0.6 is 11.8 Å². The van der Waals surface area contributed by atoms with Crippen LogP contribution < -0.4 is 15.6 Å². The van der Waals surface area contributed by atoms with Crippen molar-refractivity contribution in [2.45, 2.75) is 43.0 Å². The van der Waals surface area contributed by atoms with Crippen LogP contribution in [0, 0.1) is 0 Å². The highest BCUT2D eigenvalue weighted by Crippen LogP contribution is 2.35. The number of amides is 1. The number of benzene rings is 2. The zero-order valence-corrected chi connectivity index (χ0v) is 18.2. The van der Waals surface area contributed by atoms with Gasteiger partial charge in [0, 0.05) is 18.1 Å². The molecular formula is C24H25N3O3S. The summed E-state index contributed by atoms with van der Waals surface area (Å²) in [7, 11) is 0. The summed E-state index contributed by atoms with van der Waals surface area (Å²) in [5.74, 6) is 1.34. The van der Waals surface area contributed by atoms with Crippen molar-refractivity contribution in [1.29, 1.82) is 0 Å². The molecule has 3 aromatic rings. The second-order valence-corrected chi connectivity index (χ2v) is 8.45. The number of carbonyl (C=O) groups excluding carboxylic acids is 1. The summed E-state index contributed by atoms with van der Waals surface area (Å²) in [4.78, 5) is 32.7. The number of anilines is 1. The van der Waals surface area contributed by atoms with Crippen LogP contribution in [-0.4, -0.2) is 22.5 Å². The van der Waals surface area contributed by atoms with Gasteiger partial charge in [0.25, 0.3) is 5.56 Å². The average molecular weight is 436 g/mol. The molecule has 0 unspecified atom stereocenters. The lowest BCUT2D eigenvalue weighted by molar-refractivity contribution is -0.116. The zero-order valence-electron chi connectivity index (χ0n) is 17.4. The third-order valence-electron chi connectivity index (χ3n) is 5.20. The number of nitrogens with one attached hydrogen (secondary N) is 2. The predicted molar refractivity (Wildman–Crippen MR) is 123 cm³/mol. The molecule has 7 heteroatoms. The fourth-order valence-electron chi connectivity index (χ4n) is 3.56. The van der Waals surface area contributed by atoms with Crippen molar-refractivity contribution >= 4 is 23.5 Å². The molecule has 1 aliphatic heterocycles. The largest absolute Gasteiger partial charge is 0.494 e. The molecule has 2 aromatic carbocycles. The van der Waals surface area contributed by atoms with Crippen LogP contribution in [0.4, 0.5) is 5.82 Å². The third kappa shape index (κ3) is 5.17. The fraction of sp³-hybridized carbons (Fsp3) is 0.292. The third-order valence-corrected chi connectivity index (χ3v) is 6.14. The normalized spacial score (nSPS) is 15.3. The Morgan fingerprint density at radius 1 is 1.10 bits per heavy atom. The van der Waals surface area contributed by atoms with E-state index in [1.807, 2.05) is 54.6 Å². The Labute approximate surface area is 185 Å². The summed E-state index contributed by atoms with van der Waals surface area (Å²) in [5, 5.41) is 3.27. The maximum Gasteiger partial charge on any atom is 0.257 e. The monoisotopic (exact) mass is 435 g/mol. The van der Waals surface area contributed by atoms with Gasteiger partial charge in [-0.15, -0.1) is 0 Å². The van der Waals surface area contributed by atoms with Crippen molar-refractivity contribution in [3.63, 3.8) is 0 Å². The second-order valence-electron chi connectivity index (χ2n) is 7.48. The Morgan fingerprint density at radius 3 is 2.61 bits per heavy atom. The molecule has 1 amide bonds. The lowest BCUT2D eigenvalue weighted by Crippen LogP contribution is -2.31. The van der Waals surface area contributed by atoms with E-state index >= 15 is 0 Å². The van der Waals surface area contributed by atoms with Crippen LogP contribution in [-0.2, 0) is 10.5 Å².